The lowest BCUT2D eigenvalue weighted by molar-refractivity contribution is -0.107. The quantitative estimate of drug-likeness (QED) is 0.349. The molecule has 1 aromatic carbocycles. The van der Waals surface area contributed by atoms with E-state index in [0.717, 1.165) is 6.29 Å². The Labute approximate surface area is 88.4 Å². The Morgan fingerprint density at radius 2 is 2.20 bits per heavy atom. The van der Waals surface area contributed by atoms with Crippen LogP contribution in [0.3, 0.4) is 0 Å². The monoisotopic (exact) mass is 209 g/mol. The molecule has 0 heterocycles. The number of nitrogen functional groups attached to an aromatic ring is 2. The number of carbonyl (C=O) groups excluding carboxylic acids is 1. The molecule has 1 aromatic rings. The molecule has 5 nitrogen and oxygen atoms in total. The SMILES string of the molecule is Nc1ccc(N)c(OCCNCC=O)c1. The van der Waals surface area contributed by atoms with Gasteiger partial charge in [0.1, 0.15) is 18.6 Å². The zero-order chi connectivity index (χ0) is 11.1. The highest BCUT2D eigenvalue weighted by molar-refractivity contribution is 5.59. The van der Waals surface area contributed by atoms with Crippen molar-refractivity contribution in [1.29, 1.82) is 0 Å². The first-order valence-corrected chi connectivity index (χ1v) is 4.66. The molecule has 0 unspecified atom stereocenters. The highest BCUT2D eigenvalue weighted by Crippen LogP contribution is 2.23. The number of nitrogens with two attached hydrogens (primary N) is 2. The first kappa shape index (κ1) is 11.3. The summed E-state index contributed by atoms with van der Waals surface area (Å²) in [6.07, 6.45) is 0.800. The van der Waals surface area contributed by atoms with Crippen LogP contribution < -0.4 is 21.5 Å². The number of hydrogen-bond donors (Lipinski definition) is 3. The largest absolute Gasteiger partial charge is 0.490 e. The van der Waals surface area contributed by atoms with Crippen LogP contribution in [0.1, 0.15) is 0 Å². The zero-order valence-electron chi connectivity index (χ0n) is 8.40. The Morgan fingerprint density at radius 3 is 2.93 bits per heavy atom. The molecule has 82 valence electrons. The van der Waals surface area contributed by atoms with Crippen LogP contribution in [0.5, 0.6) is 5.75 Å². The fraction of sp³-hybridized carbons (Fsp3) is 0.300. The summed E-state index contributed by atoms with van der Waals surface area (Å²) < 4.78 is 5.38. The second kappa shape index (κ2) is 5.87. The summed E-state index contributed by atoms with van der Waals surface area (Å²) in [5.74, 6) is 0.572. The number of ether oxygens (including phenoxy) is 1. The van der Waals surface area contributed by atoms with E-state index >= 15 is 0 Å². The summed E-state index contributed by atoms with van der Waals surface area (Å²) in [6, 6.07) is 5.09. The van der Waals surface area contributed by atoms with E-state index in [1.54, 1.807) is 18.2 Å². The Kier molecular flexibility index (Phi) is 4.43. The fourth-order valence-electron chi connectivity index (χ4n) is 1.07. The van der Waals surface area contributed by atoms with Crippen LogP contribution in [-0.2, 0) is 4.79 Å². The van der Waals surface area contributed by atoms with Crippen LogP contribution in [0.2, 0.25) is 0 Å². The van der Waals surface area contributed by atoms with Gasteiger partial charge in [0.15, 0.2) is 0 Å². The van der Waals surface area contributed by atoms with Crippen LogP contribution in [0, 0.1) is 0 Å². The molecule has 0 atom stereocenters. The van der Waals surface area contributed by atoms with Gasteiger partial charge in [0.05, 0.1) is 12.2 Å². The minimum atomic E-state index is 0.329. The first-order chi connectivity index (χ1) is 7.24. The number of benzene rings is 1. The maximum atomic E-state index is 10.00. The number of carbonyl (C=O) groups is 1. The van der Waals surface area contributed by atoms with Gasteiger partial charge in [-0.15, -0.1) is 0 Å². The number of hydrogen-bond acceptors (Lipinski definition) is 5. The third-order valence-electron chi connectivity index (χ3n) is 1.80. The Balaban J connectivity index is 2.36. The maximum absolute atomic E-state index is 10.00. The van der Waals surface area contributed by atoms with Crippen molar-refractivity contribution >= 4 is 17.7 Å². The number of rotatable bonds is 6. The van der Waals surface area contributed by atoms with Gasteiger partial charge in [-0.25, -0.2) is 0 Å². The highest BCUT2D eigenvalue weighted by atomic mass is 16.5. The topological polar surface area (TPSA) is 90.4 Å². The van der Waals surface area contributed by atoms with E-state index in [4.69, 9.17) is 16.2 Å². The van der Waals surface area contributed by atoms with Crippen molar-refractivity contribution in [2.24, 2.45) is 0 Å². The van der Waals surface area contributed by atoms with Gasteiger partial charge in [-0.3, -0.25) is 0 Å². The molecular formula is C10H15N3O2. The van der Waals surface area contributed by atoms with Gasteiger partial charge in [0, 0.05) is 18.3 Å². The minimum Gasteiger partial charge on any atom is -0.490 e. The Bertz CT molecular complexity index is 328. The van der Waals surface area contributed by atoms with Crippen LogP contribution in [0.4, 0.5) is 11.4 Å². The predicted molar refractivity (Wildman–Crippen MR) is 59.7 cm³/mol. The van der Waals surface area contributed by atoms with Gasteiger partial charge in [-0.05, 0) is 12.1 Å². The van der Waals surface area contributed by atoms with Gasteiger partial charge in [-0.2, -0.15) is 0 Å². The number of aldehydes is 1. The van der Waals surface area contributed by atoms with Gasteiger partial charge < -0.3 is 26.3 Å². The van der Waals surface area contributed by atoms with Gasteiger partial charge in [-0.1, -0.05) is 0 Å². The Morgan fingerprint density at radius 1 is 1.40 bits per heavy atom. The van der Waals surface area contributed by atoms with Crippen molar-refractivity contribution in [3.8, 4) is 5.75 Å². The second-order valence-electron chi connectivity index (χ2n) is 3.02. The van der Waals surface area contributed by atoms with Crippen LogP contribution >= 0.6 is 0 Å². The van der Waals surface area contributed by atoms with E-state index < -0.39 is 0 Å². The van der Waals surface area contributed by atoms with E-state index in [9.17, 15) is 4.79 Å². The van der Waals surface area contributed by atoms with E-state index in [2.05, 4.69) is 5.32 Å². The summed E-state index contributed by atoms with van der Waals surface area (Å²) in [5.41, 5.74) is 12.4. The standard InChI is InChI=1S/C10H15N3O2/c11-8-1-2-9(12)10(7-8)15-6-4-13-3-5-14/h1-2,5,7,13H,3-4,6,11-12H2. The first-order valence-electron chi connectivity index (χ1n) is 4.66. The molecule has 0 aliphatic heterocycles. The summed E-state index contributed by atoms with van der Waals surface area (Å²) in [7, 11) is 0. The molecule has 15 heavy (non-hydrogen) atoms. The molecular weight excluding hydrogens is 194 g/mol. The normalized spacial score (nSPS) is 9.87. The number of nitrogens with one attached hydrogen (secondary N) is 1. The highest BCUT2D eigenvalue weighted by Gasteiger charge is 1.99. The van der Waals surface area contributed by atoms with Crippen molar-refractivity contribution in [2.75, 3.05) is 31.2 Å². The van der Waals surface area contributed by atoms with Gasteiger partial charge >= 0.3 is 0 Å². The van der Waals surface area contributed by atoms with Crippen molar-refractivity contribution < 1.29 is 9.53 Å². The molecule has 0 spiro atoms. The van der Waals surface area contributed by atoms with Crippen LogP contribution in [0.15, 0.2) is 18.2 Å². The zero-order valence-corrected chi connectivity index (χ0v) is 8.40. The summed E-state index contributed by atoms with van der Waals surface area (Å²) in [4.78, 5) is 10.00. The lowest BCUT2D eigenvalue weighted by atomic mass is 10.2. The second-order valence-corrected chi connectivity index (χ2v) is 3.02. The third kappa shape index (κ3) is 3.86. The minimum absolute atomic E-state index is 0.329. The van der Waals surface area contributed by atoms with Crippen molar-refractivity contribution in [3.05, 3.63) is 18.2 Å². The lowest BCUT2D eigenvalue weighted by Crippen LogP contribution is -2.22. The molecule has 0 radical (unpaired) electrons. The molecule has 0 saturated heterocycles. The van der Waals surface area contributed by atoms with Crippen LogP contribution in [-0.4, -0.2) is 26.0 Å². The molecule has 0 aliphatic rings. The summed E-state index contributed by atoms with van der Waals surface area (Å²) in [5, 5.41) is 2.87. The van der Waals surface area contributed by atoms with Crippen molar-refractivity contribution in [2.45, 2.75) is 0 Å². The van der Waals surface area contributed by atoms with E-state index in [0.29, 0.717) is 36.8 Å². The van der Waals surface area contributed by atoms with Gasteiger partial charge in [0.25, 0.3) is 0 Å². The van der Waals surface area contributed by atoms with E-state index in [-0.39, 0.29) is 0 Å². The molecule has 0 bridgehead atoms. The summed E-state index contributed by atoms with van der Waals surface area (Å²) in [6.45, 7) is 1.37. The molecule has 5 heteroatoms. The molecule has 0 fully saturated rings. The molecule has 0 saturated carbocycles. The molecule has 1 rings (SSSR count). The van der Waals surface area contributed by atoms with E-state index in [1.165, 1.54) is 0 Å². The molecule has 0 amide bonds. The number of anilines is 2. The van der Waals surface area contributed by atoms with Crippen molar-refractivity contribution in [3.63, 3.8) is 0 Å². The average Bonchev–Trinajstić information content (AvgIpc) is 2.23. The van der Waals surface area contributed by atoms with E-state index in [1.807, 2.05) is 0 Å². The smallest absolute Gasteiger partial charge is 0.144 e. The van der Waals surface area contributed by atoms with Crippen molar-refractivity contribution in [1.82, 2.24) is 5.32 Å². The van der Waals surface area contributed by atoms with Crippen LogP contribution in [0.25, 0.3) is 0 Å². The molecule has 0 aromatic heterocycles. The molecule has 0 aliphatic carbocycles. The Hall–Kier alpha value is -1.75. The molecule has 5 N–H and O–H groups in total. The predicted octanol–water partition coefficient (Wildman–Crippen LogP) is 0.0183. The fourth-order valence-corrected chi connectivity index (χ4v) is 1.07. The summed E-state index contributed by atoms with van der Waals surface area (Å²) >= 11 is 0. The average molecular weight is 209 g/mol. The maximum Gasteiger partial charge on any atom is 0.144 e. The third-order valence-corrected chi connectivity index (χ3v) is 1.80. The van der Waals surface area contributed by atoms with Gasteiger partial charge in [0.2, 0.25) is 0 Å². The lowest BCUT2D eigenvalue weighted by Gasteiger charge is -2.09.